The molecule has 5 heterocycles. The van der Waals surface area contributed by atoms with Gasteiger partial charge in [0.05, 0.1) is 12.1 Å². The quantitative estimate of drug-likeness (QED) is 0.216. The summed E-state index contributed by atoms with van der Waals surface area (Å²) in [5.74, 6) is -1.01. The highest BCUT2D eigenvalue weighted by atomic mass is 16.6. The van der Waals surface area contributed by atoms with Crippen molar-refractivity contribution in [3.63, 3.8) is 0 Å². The highest BCUT2D eigenvalue weighted by Crippen LogP contribution is 2.29. The molecule has 7 rings (SSSR count). The Balaban J connectivity index is 0.985. The molecule has 56 heavy (non-hydrogen) atoms. The summed E-state index contributed by atoms with van der Waals surface area (Å²) in [7, 11) is 3.99. The van der Waals surface area contributed by atoms with Gasteiger partial charge in [0.1, 0.15) is 6.04 Å². The molecule has 2 atom stereocenters. The number of hydrogen-bond donors (Lipinski definition) is 2. The Kier molecular flexibility index (Phi) is 12.3. The van der Waals surface area contributed by atoms with E-state index in [9.17, 15) is 24.0 Å². The van der Waals surface area contributed by atoms with Gasteiger partial charge in [0, 0.05) is 63.5 Å². The fourth-order valence-electron chi connectivity index (χ4n) is 8.85. The summed E-state index contributed by atoms with van der Waals surface area (Å²) in [6.07, 6.45) is 4.23. The molecule has 0 radical (unpaired) electrons. The third kappa shape index (κ3) is 9.04. The number of urea groups is 1. The Morgan fingerprint density at radius 2 is 1.66 bits per heavy atom. The number of anilines is 1. The lowest BCUT2D eigenvalue weighted by Gasteiger charge is -2.40. The molecule has 2 N–H and O–H groups in total. The number of piperidine rings is 2. The molecule has 2 aromatic carbocycles. The van der Waals surface area contributed by atoms with Crippen molar-refractivity contribution in [2.45, 2.75) is 88.9 Å². The summed E-state index contributed by atoms with van der Waals surface area (Å²) >= 11 is 0. The Labute approximate surface area is 327 Å². The van der Waals surface area contributed by atoms with Gasteiger partial charge >= 0.3 is 23.8 Å². The number of oxazole rings is 1. The van der Waals surface area contributed by atoms with Crippen LogP contribution in [-0.4, -0.2) is 144 Å². The second kappa shape index (κ2) is 17.5. The van der Waals surface area contributed by atoms with Crippen LogP contribution in [0.2, 0.25) is 0 Å². The first-order valence-electron chi connectivity index (χ1n) is 20.1. The number of nitrogens with one attached hydrogen (secondary N) is 2. The molecule has 3 saturated heterocycles. The molecule has 4 aliphatic rings. The highest BCUT2D eigenvalue weighted by Gasteiger charge is 2.40. The van der Waals surface area contributed by atoms with Gasteiger partial charge in [0.25, 0.3) is 5.91 Å². The van der Waals surface area contributed by atoms with Crippen molar-refractivity contribution < 1.29 is 33.1 Å². The second-order valence-electron chi connectivity index (χ2n) is 15.9. The van der Waals surface area contributed by atoms with Crippen LogP contribution in [0.4, 0.5) is 15.3 Å². The van der Waals surface area contributed by atoms with Crippen molar-refractivity contribution in [3.05, 3.63) is 63.6 Å². The van der Waals surface area contributed by atoms with Crippen LogP contribution in [0.5, 0.6) is 0 Å². The first-order valence-corrected chi connectivity index (χ1v) is 20.1. The smallest absolute Gasteiger partial charge is 0.417 e. The molecule has 3 aromatic rings. The van der Waals surface area contributed by atoms with Crippen LogP contribution < -0.4 is 11.1 Å². The van der Waals surface area contributed by atoms with E-state index in [-0.39, 0.29) is 42.5 Å². The Morgan fingerprint density at radius 1 is 0.929 bits per heavy atom. The number of amides is 4. The number of hydrogen-bond acceptors (Lipinski definition) is 10. The minimum Gasteiger partial charge on any atom is -0.464 e. The summed E-state index contributed by atoms with van der Waals surface area (Å²) in [5, 5.41) is 3.04. The van der Waals surface area contributed by atoms with Crippen LogP contribution in [0.15, 0.2) is 45.6 Å². The monoisotopic (exact) mass is 773 g/mol. The zero-order valence-electron chi connectivity index (χ0n) is 32.8. The van der Waals surface area contributed by atoms with E-state index in [2.05, 4.69) is 20.1 Å². The van der Waals surface area contributed by atoms with Crippen LogP contribution in [0.25, 0.3) is 11.1 Å². The molecular weight excluding hydrogens is 718 g/mol. The maximum absolute atomic E-state index is 14.3. The Morgan fingerprint density at radius 3 is 2.43 bits per heavy atom. The fourth-order valence-corrected chi connectivity index (χ4v) is 8.85. The number of ether oxygens (including phenoxy) is 2. The number of aromatic amines is 1. The van der Waals surface area contributed by atoms with Crippen molar-refractivity contribution in [3.8, 4) is 0 Å². The Hall–Kier alpha value is -4.89. The third-order valence-electron chi connectivity index (χ3n) is 11.8. The number of likely N-dealkylation sites (tertiary alicyclic amines) is 3. The number of fused-ring (bicyclic) bond motifs is 2. The van der Waals surface area contributed by atoms with Gasteiger partial charge in [-0.05, 0) is 108 Å². The SMILES string of the molecule is Cc1cc(C[C@@H](OC(=O)N2CCC(N3CCc4ccccc4NC3=O)CC2)C(=O)N2CCC(N3CCC[C@@H]3C(=O)OCCCN(C)C)CC2)cc2oc(=O)[nH]c12. The van der Waals surface area contributed by atoms with Crippen molar-refractivity contribution >= 4 is 40.8 Å². The maximum atomic E-state index is 14.3. The first kappa shape index (κ1) is 39.3. The lowest BCUT2D eigenvalue weighted by atomic mass is 9.99. The first-order chi connectivity index (χ1) is 27.0. The standard InChI is InChI=1S/C41H55N7O8/c1-27-24-28(25-34-36(27)43-40(52)55-34)26-35(37(49)45-18-12-30(13-19-45)47-17-6-10-33(47)38(50)54-23-7-16-44(2)3)56-41(53)46-20-14-31(15-21-46)48-22-11-29-8-4-5-9-32(29)42-39(48)51/h4-5,8-9,24-25,30-31,33,35H,6-7,10-23,26H2,1-3H3,(H,42,51)(H,43,52)/t33-,35-/m1/s1. The largest absolute Gasteiger partial charge is 0.464 e. The van der Waals surface area contributed by atoms with Gasteiger partial charge in [0.15, 0.2) is 11.7 Å². The van der Waals surface area contributed by atoms with Crippen LogP contribution in [0.1, 0.15) is 61.6 Å². The number of benzene rings is 2. The van der Waals surface area contributed by atoms with E-state index in [1.54, 1.807) is 15.9 Å². The number of aryl methyl sites for hydroxylation is 1. The highest BCUT2D eigenvalue weighted by molar-refractivity contribution is 5.91. The number of para-hydroxylation sites is 1. The molecular formula is C41H55N7O8. The molecule has 0 aliphatic carbocycles. The zero-order chi connectivity index (χ0) is 39.3. The fraction of sp³-hybridized carbons (Fsp3) is 0.585. The lowest BCUT2D eigenvalue weighted by Crippen LogP contribution is -2.53. The predicted octanol–water partition coefficient (Wildman–Crippen LogP) is 3.98. The number of esters is 1. The molecule has 15 heteroatoms. The molecule has 15 nitrogen and oxygen atoms in total. The van der Waals surface area contributed by atoms with E-state index in [0.29, 0.717) is 81.7 Å². The zero-order valence-corrected chi connectivity index (χ0v) is 32.8. The van der Waals surface area contributed by atoms with Gasteiger partial charge in [-0.15, -0.1) is 0 Å². The van der Waals surface area contributed by atoms with Gasteiger partial charge in [-0.2, -0.15) is 0 Å². The van der Waals surface area contributed by atoms with Gasteiger partial charge in [-0.3, -0.25) is 19.5 Å². The summed E-state index contributed by atoms with van der Waals surface area (Å²) in [4.78, 5) is 78.6. The molecule has 0 saturated carbocycles. The van der Waals surface area contributed by atoms with Crippen molar-refractivity contribution in [1.29, 1.82) is 0 Å². The molecule has 302 valence electrons. The van der Waals surface area contributed by atoms with Crippen molar-refractivity contribution in [1.82, 2.24) is 29.5 Å². The van der Waals surface area contributed by atoms with Gasteiger partial charge in [-0.25, -0.2) is 14.4 Å². The maximum Gasteiger partial charge on any atom is 0.417 e. The number of H-pyrrole nitrogens is 1. The van der Waals surface area contributed by atoms with Crippen LogP contribution in [0.3, 0.4) is 0 Å². The third-order valence-corrected chi connectivity index (χ3v) is 11.8. The number of rotatable bonds is 11. The summed E-state index contributed by atoms with van der Waals surface area (Å²) in [6, 6.07) is 11.1. The van der Waals surface area contributed by atoms with Crippen molar-refractivity contribution in [2.75, 3.05) is 71.8 Å². The number of nitrogens with zero attached hydrogens (tertiary/aromatic N) is 5. The predicted molar refractivity (Wildman–Crippen MR) is 209 cm³/mol. The number of aromatic nitrogens is 1. The normalized spacial score (nSPS) is 20.5. The minimum atomic E-state index is -1.11. The number of carbonyl (C=O) groups excluding carboxylic acids is 4. The summed E-state index contributed by atoms with van der Waals surface area (Å²) in [5.41, 5.74) is 4.38. The summed E-state index contributed by atoms with van der Waals surface area (Å²) < 4.78 is 17.1. The van der Waals surface area contributed by atoms with E-state index in [0.717, 1.165) is 55.6 Å². The van der Waals surface area contributed by atoms with E-state index < -0.39 is 18.0 Å². The van der Waals surface area contributed by atoms with Gasteiger partial charge in [-0.1, -0.05) is 24.3 Å². The average molecular weight is 774 g/mol. The van der Waals surface area contributed by atoms with E-state index in [1.165, 1.54) is 0 Å². The summed E-state index contributed by atoms with van der Waals surface area (Å²) in [6.45, 7) is 6.24. The van der Waals surface area contributed by atoms with E-state index in [1.807, 2.05) is 56.3 Å². The van der Waals surface area contributed by atoms with Crippen LogP contribution in [-0.2, 0) is 31.9 Å². The van der Waals surface area contributed by atoms with Gasteiger partial charge < -0.3 is 38.8 Å². The van der Waals surface area contributed by atoms with Crippen molar-refractivity contribution in [2.24, 2.45) is 0 Å². The second-order valence-corrected chi connectivity index (χ2v) is 15.9. The molecule has 4 amide bonds. The molecule has 0 unspecified atom stereocenters. The molecule has 0 spiro atoms. The number of carbonyl (C=O) groups is 4. The molecule has 1 aromatic heterocycles. The molecule has 3 fully saturated rings. The Bertz CT molecular complexity index is 1940. The van der Waals surface area contributed by atoms with Crippen LogP contribution >= 0.6 is 0 Å². The van der Waals surface area contributed by atoms with Crippen LogP contribution in [0, 0.1) is 6.92 Å². The van der Waals surface area contributed by atoms with E-state index >= 15 is 0 Å². The van der Waals surface area contributed by atoms with Gasteiger partial charge in [0.2, 0.25) is 0 Å². The molecule has 4 aliphatic heterocycles. The lowest BCUT2D eigenvalue weighted by molar-refractivity contribution is -0.151. The molecule has 0 bridgehead atoms. The minimum absolute atomic E-state index is 0.0297. The average Bonchev–Trinajstić information content (AvgIpc) is 3.79. The van der Waals surface area contributed by atoms with E-state index in [4.69, 9.17) is 13.9 Å². The topological polar surface area (TPSA) is 161 Å².